The first-order valence-corrected chi connectivity index (χ1v) is 11.3. The molecule has 0 atom stereocenters. The van der Waals surface area contributed by atoms with Crippen molar-refractivity contribution in [3.8, 4) is 0 Å². The Kier molecular flexibility index (Phi) is 11.6. The first kappa shape index (κ1) is 25.7. The smallest absolute Gasteiger partial charge is 0.330 e. The number of carbonyl (C=O) groups excluding carboxylic acids is 2. The summed E-state index contributed by atoms with van der Waals surface area (Å²) >= 11 is 0. The summed E-state index contributed by atoms with van der Waals surface area (Å²) in [5.41, 5.74) is 0. The van der Waals surface area contributed by atoms with Crippen molar-refractivity contribution in [2.75, 3.05) is 25.5 Å². The first-order chi connectivity index (χ1) is 12.4. The maximum Gasteiger partial charge on any atom is 0.330 e. The summed E-state index contributed by atoms with van der Waals surface area (Å²) in [7, 11) is -8.74. The van der Waals surface area contributed by atoms with Crippen LogP contribution in [0.3, 0.4) is 0 Å². The molecule has 0 rings (SSSR count). The van der Waals surface area contributed by atoms with E-state index in [0.29, 0.717) is 0 Å². The molecule has 13 heteroatoms. The molecule has 11 nitrogen and oxygen atoms in total. The Balaban J connectivity index is 5.06. The molecule has 0 aliphatic heterocycles. The Labute approximate surface area is 156 Å². The molecule has 0 saturated carbocycles. The van der Waals surface area contributed by atoms with E-state index in [0.717, 1.165) is 12.2 Å². The Bertz CT molecular complexity index is 556. The van der Waals surface area contributed by atoms with Crippen molar-refractivity contribution in [3.05, 3.63) is 25.3 Å². The molecule has 0 unspecified atom stereocenters. The largest absolute Gasteiger partial charge is 0.460 e. The fraction of sp³-hybridized carbons (Fsp3) is 0.571. The van der Waals surface area contributed by atoms with E-state index in [1.54, 1.807) is 0 Å². The number of hydrogen-bond donors (Lipinski definition) is 4. The van der Waals surface area contributed by atoms with Gasteiger partial charge >= 0.3 is 27.1 Å². The molecule has 0 aromatic heterocycles. The van der Waals surface area contributed by atoms with E-state index < -0.39 is 51.7 Å². The summed E-state index contributed by atoms with van der Waals surface area (Å²) in [6.45, 7) is 5.67. The second kappa shape index (κ2) is 12.2. The van der Waals surface area contributed by atoms with Crippen LogP contribution in [-0.2, 0) is 32.9 Å². The summed E-state index contributed by atoms with van der Waals surface area (Å²) < 4.78 is 37.2. The van der Waals surface area contributed by atoms with Crippen molar-refractivity contribution in [3.63, 3.8) is 0 Å². The zero-order valence-corrected chi connectivity index (χ0v) is 16.3. The van der Waals surface area contributed by atoms with E-state index >= 15 is 0 Å². The average Bonchev–Trinajstić information content (AvgIpc) is 2.56. The van der Waals surface area contributed by atoms with E-state index in [4.69, 9.17) is 33.8 Å². The van der Waals surface area contributed by atoms with Gasteiger partial charge in [0.25, 0.3) is 0 Å². The molecule has 0 aromatic rings. The summed E-state index contributed by atoms with van der Waals surface area (Å²) in [6.07, 6.45) is -1.82. The highest BCUT2D eigenvalue weighted by molar-refractivity contribution is 7.52. The van der Waals surface area contributed by atoms with Crippen LogP contribution in [0, 0.1) is 0 Å². The second-order valence-electron chi connectivity index (χ2n) is 5.40. The SMILES string of the molecule is C=CC(=O)OCC(COC(=O)C=C)OC(CCP(=O)(O)O)CCP(=O)(O)O. The van der Waals surface area contributed by atoms with Crippen LogP contribution in [0.25, 0.3) is 0 Å². The van der Waals surface area contributed by atoms with Gasteiger partial charge in [-0.25, -0.2) is 9.59 Å². The second-order valence-corrected chi connectivity index (χ2v) is 8.96. The highest BCUT2D eigenvalue weighted by Gasteiger charge is 2.25. The number of hydrogen-bond acceptors (Lipinski definition) is 7. The zero-order chi connectivity index (χ0) is 21.1. The van der Waals surface area contributed by atoms with E-state index in [-0.39, 0.29) is 26.1 Å². The predicted octanol–water partition coefficient (Wildman–Crippen LogP) is 0.334. The van der Waals surface area contributed by atoms with Crippen molar-refractivity contribution in [2.24, 2.45) is 0 Å². The van der Waals surface area contributed by atoms with Gasteiger partial charge in [-0.05, 0) is 12.8 Å². The molecule has 0 bridgehead atoms. The van der Waals surface area contributed by atoms with Crippen LogP contribution in [0.4, 0.5) is 0 Å². The summed E-state index contributed by atoms with van der Waals surface area (Å²) in [5.74, 6) is -1.55. The Morgan fingerprint density at radius 2 is 1.19 bits per heavy atom. The maximum atomic E-state index is 11.2. The van der Waals surface area contributed by atoms with Gasteiger partial charge in [0.2, 0.25) is 0 Å². The highest BCUT2D eigenvalue weighted by atomic mass is 31.2. The van der Waals surface area contributed by atoms with Gasteiger partial charge in [0.15, 0.2) is 0 Å². The minimum absolute atomic E-state index is 0.217. The van der Waals surface area contributed by atoms with Crippen LogP contribution >= 0.6 is 15.2 Å². The highest BCUT2D eigenvalue weighted by Crippen LogP contribution is 2.39. The summed E-state index contributed by atoms with van der Waals surface area (Å²) in [4.78, 5) is 58.3. The van der Waals surface area contributed by atoms with Crippen LogP contribution in [0.5, 0.6) is 0 Å². The molecule has 156 valence electrons. The van der Waals surface area contributed by atoms with Crippen LogP contribution in [0.1, 0.15) is 12.8 Å². The van der Waals surface area contributed by atoms with Gasteiger partial charge in [0, 0.05) is 12.2 Å². The fourth-order valence-electron chi connectivity index (χ4n) is 1.77. The minimum atomic E-state index is -4.37. The minimum Gasteiger partial charge on any atom is -0.460 e. The zero-order valence-electron chi connectivity index (χ0n) is 14.5. The van der Waals surface area contributed by atoms with Gasteiger partial charge in [0.1, 0.15) is 19.3 Å². The standard InChI is InChI=1S/C14H24O11P2/c1-3-13(15)23-9-12(10-24-14(16)4-2)25-11(5-7-26(17,18)19)6-8-27(20,21)22/h3-4,11-12H,1-2,5-10H2,(H2,17,18,19)(H2,20,21,22). The number of rotatable bonds is 14. The predicted molar refractivity (Wildman–Crippen MR) is 94.0 cm³/mol. The lowest BCUT2D eigenvalue weighted by Gasteiger charge is -2.25. The molecule has 0 aliphatic carbocycles. The van der Waals surface area contributed by atoms with Crippen molar-refractivity contribution < 1.29 is 52.5 Å². The maximum absolute atomic E-state index is 11.2. The van der Waals surface area contributed by atoms with Gasteiger partial charge in [-0.2, -0.15) is 0 Å². The van der Waals surface area contributed by atoms with E-state index in [9.17, 15) is 18.7 Å². The van der Waals surface area contributed by atoms with Crippen LogP contribution < -0.4 is 0 Å². The van der Waals surface area contributed by atoms with Gasteiger partial charge in [-0.1, -0.05) is 13.2 Å². The molecule has 0 aliphatic rings. The lowest BCUT2D eigenvalue weighted by molar-refractivity contribution is -0.153. The monoisotopic (exact) mass is 430 g/mol. The molecule has 0 aromatic carbocycles. The molecule has 0 amide bonds. The summed E-state index contributed by atoms with van der Waals surface area (Å²) in [6, 6.07) is 0. The van der Waals surface area contributed by atoms with Crippen molar-refractivity contribution in [1.82, 2.24) is 0 Å². The van der Waals surface area contributed by atoms with E-state index in [2.05, 4.69) is 13.2 Å². The van der Waals surface area contributed by atoms with Crippen LogP contribution in [0.15, 0.2) is 25.3 Å². The lowest BCUT2D eigenvalue weighted by atomic mass is 10.2. The fourth-order valence-corrected chi connectivity index (χ4v) is 3.02. The third kappa shape index (κ3) is 15.4. The Morgan fingerprint density at radius 3 is 1.48 bits per heavy atom. The molecule has 0 fully saturated rings. The summed E-state index contributed by atoms with van der Waals surface area (Å²) in [5, 5.41) is 0. The van der Waals surface area contributed by atoms with Crippen molar-refractivity contribution in [2.45, 2.75) is 25.0 Å². The van der Waals surface area contributed by atoms with Gasteiger partial charge in [-0.15, -0.1) is 0 Å². The molecule has 0 heterocycles. The quantitative estimate of drug-likeness (QED) is 0.170. The number of ether oxygens (including phenoxy) is 3. The molecular weight excluding hydrogens is 406 g/mol. The average molecular weight is 430 g/mol. The van der Waals surface area contributed by atoms with Crippen LogP contribution in [0.2, 0.25) is 0 Å². The van der Waals surface area contributed by atoms with Gasteiger partial charge in [0.05, 0.1) is 18.4 Å². The molecule has 0 radical (unpaired) electrons. The number of carbonyl (C=O) groups is 2. The molecule has 27 heavy (non-hydrogen) atoms. The van der Waals surface area contributed by atoms with Crippen molar-refractivity contribution >= 4 is 27.1 Å². The topological polar surface area (TPSA) is 177 Å². The normalized spacial score (nSPS) is 12.1. The molecule has 0 saturated heterocycles. The first-order valence-electron chi connectivity index (χ1n) is 7.69. The molecule has 0 spiro atoms. The molecular formula is C14H24O11P2. The van der Waals surface area contributed by atoms with Crippen molar-refractivity contribution in [1.29, 1.82) is 0 Å². The lowest BCUT2D eigenvalue weighted by Crippen LogP contribution is -2.33. The third-order valence-electron chi connectivity index (χ3n) is 3.03. The Hall–Kier alpha value is -1.32. The van der Waals surface area contributed by atoms with Crippen LogP contribution in [-0.4, -0.2) is 69.3 Å². The van der Waals surface area contributed by atoms with E-state index in [1.165, 1.54) is 0 Å². The third-order valence-corrected chi connectivity index (χ3v) is 4.71. The van der Waals surface area contributed by atoms with Gasteiger partial charge < -0.3 is 33.8 Å². The number of esters is 2. The van der Waals surface area contributed by atoms with Gasteiger partial charge in [-0.3, -0.25) is 9.13 Å². The van der Waals surface area contributed by atoms with E-state index in [1.807, 2.05) is 0 Å². The Morgan fingerprint density at radius 1 is 0.815 bits per heavy atom. The molecule has 4 N–H and O–H groups in total.